The fraction of sp³-hybridized carbons (Fsp3) is 0.364. The van der Waals surface area contributed by atoms with Gasteiger partial charge in [-0.25, -0.2) is 13.4 Å². The van der Waals surface area contributed by atoms with Gasteiger partial charge in [0.25, 0.3) is 0 Å². The van der Waals surface area contributed by atoms with Gasteiger partial charge < -0.3 is 0 Å². The zero-order chi connectivity index (χ0) is 12.9. The van der Waals surface area contributed by atoms with Crippen molar-refractivity contribution in [2.24, 2.45) is 0 Å². The van der Waals surface area contributed by atoms with Gasteiger partial charge in [-0.3, -0.25) is 0 Å². The van der Waals surface area contributed by atoms with Crippen molar-refractivity contribution in [1.29, 1.82) is 0 Å². The minimum absolute atomic E-state index is 0.150. The van der Waals surface area contributed by atoms with E-state index in [1.165, 1.54) is 22.6 Å². The molecule has 0 spiro atoms. The normalized spacial score (nSPS) is 11.7. The van der Waals surface area contributed by atoms with Gasteiger partial charge in [0.2, 0.25) is 10.0 Å². The van der Waals surface area contributed by atoms with E-state index >= 15 is 0 Å². The van der Waals surface area contributed by atoms with Crippen molar-refractivity contribution < 1.29 is 8.42 Å². The predicted molar refractivity (Wildman–Crippen MR) is 68.5 cm³/mol. The number of nitrogens with zero attached hydrogens (tertiary/aromatic N) is 2. The third kappa shape index (κ3) is 3.52. The van der Waals surface area contributed by atoms with Crippen LogP contribution in [0.5, 0.6) is 0 Å². The van der Waals surface area contributed by atoms with E-state index in [1.807, 2.05) is 6.92 Å². The van der Waals surface area contributed by atoms with Crippen LogP contribution in [0.3, 0.4) is 0 Å². The summed E-state index contributed by atoms with van der Waals surface area (Å²) in [6.45, 7) is 6.23. The largest absolute Gasteiger partial charge is 0.244 e. The van der Waals surface area contributed by atoms with Crippen LogP contribution in [0, 0.1) is 0 Å². The summed E-state index contributed by atoms with van der Waals surface area (Å²) in [4.78, 5) is 3.93. The second-order valence-electron chi connectivity index (χ2n) is 3.47. The summed E-state index contributed by atoms with van der Waals surface area (Å²) < 4.78 is 25.8. The van der Waals surface area contributed by atoms with Crippen molar-refractivity contribution in [3.05, 3.63) is 36.1 Å². The monoisotopic (exact) mass is 274 g/mol. The minimum atomic E-state index is -3.50. The highest BCUT2D eigenvalue weighted by Crippen LogP contribution is 2.16. The molecule has 0 aromatic carbocycles. The first-order valence-corrected chi connectivity index (χ1v) is 7.06. The Balaban J connectivity index is 3.06. The van der Waals surface area contributed by atoms with Gasteiger partial charge in [0, 0.05) is 19.3 Å². The van der Waals surface area contributed by atoms with E-state index in [9.17, 15) is 8.42 Å². The van der Waals surface area contributed by atoms with Gasteiger partial charge in [0.1, 0.15) is 10.0 Å². The summed E-state index contributed by atoms with van der Waals surface area (Å²) in [7, 11) is -3.50. The molecule has 0 aliphatic rings. The van der Waals surface area contributed by atoms with E-state index < -0.39 is 10.0 Å². The number of halogens is 1. The molecule has 17 heavy (non-hydrogen) atoms. The summed E-state index contributed by atoms with van der Waals surface area (Å²) in [5.41, 5.74) is 0. The minimum Gasteiger partial charge on any atom is -0.243 e. The molecule has 1 rings (SSSR count). The lowest BCUT2D eigenvalue weighted by atomic mass is 10.5. The van der Waals surface area contributed by atoms with Crippen LogP contribution < -0.4 is 0 Å². The van der Waals surface area contributed by atoms with Gasteiger partial charge in [0.15, 0.2) is 0 Å². The number of sulfonamides is 1. The summed E-state index contributed by atoms with van der Waals surface area (Å²) in [6, 6.07) is 2.92. The van der Waals surface area contributed by atoms with Crippen LogP contribution in [0.15, 0.2) is 35.9 Å². The Morgan fingerprint density at radius 1 is 1.53 bits per heavy atom. The smallest absolute Gasteiger partial charge is 0.243 e. The Kier molecular flexibility index (Phi) is 5.11. The van der Waals surface area contributed by atoms with Gasteiger partial charge in [-0.15, -0.1) is 6.58 Å². The molecular weight excluding hydrogens is 260 g/mol. The maximum atomic E-state index is 12.2. The lowest BCUT2D eigenvalue weighted by Gasteiger charge is -2.19. The average Bonchev–Trinajstić information content (AvgIpc) is 2.29. The Labute approximate surface area is 107 Å². The molecule has 0 saturated carbocycles. The van der Waals surface area contributed by atoms with E-state index in [0.717, 1.165) is 6.42 Å². The Hall–Kier alpha value is -0.910. The van der Waals surface area contributed by atoms with Crippen LogP contribution in [0.25, 0.3) is 0 Å². The van der Waals surface area contributed by atoms with Crippen LogP contribution in [0.2, 0.25) is 5.15 Å². The maximum absolute atomic E-state index is 12.2. The highest BCUT2D eigenvalue weighted by Gasteiger charge is 2.22. The zero-order valence-corrected chi connectivity index (χ0v) is 11.2. The molecule has 0 aliphatic heterocycles. The van der Waals surface area contributed by atoms with E-state index in [4.69, 9.17) is 11.6 Å². The van der Waals surface area contributed by atoms with Gasteiger partial charge in [-0.1, -0.05) is 24.6 Å². The third-order valence-corrected chi connectivity index (χ3v) is 4.22. The Bertz CT molecular complexity index is 471. The third-order valence-electron chi connectivity index (χ3n) is 2.14. The number of pyridine rings is 1. The molecule has 0 saturated heterocycles. The average molecular weight is 275 g/mol. The van der Waals surface area contributed by atoms with Crippen LogP contribution in [0.4, 0.5) is 0 Å². The van der Waals surface area contributed by atoms with Crippen molar-refractivity contribution in [3.8, 4) is 0 Å². The van der Waals surface area contributed by atoms with E-state index in [2.05, 4.69) is 11.6 Å². The summed E-state index contributed by atoms with van der Waals surface area (Å²) in [6.07, 6.45) is 3.58. The van der Waals surface area contributed by atoms with Crippen LogP contribution >= 0.6 is 11.6 Å². The molecule has 0 unspecified atom stereocenters. The molecule has 1 aromatic rings. The Morgan fingerprint density at radius 3 is 2.71 bits per heavy atom. The van der Waals surface area contributed by atoms with E-state index in [0.29, 0.717) is 13.1 Å². The standard InChI is InChI=1S/C11H15ClN2O2S/c1-3-7-14(8-4-2)17(15,16)10-5-6-11(12)13-9-10/h3,5-6,9H,1,4,7-8H2,2H3. The molecule has 0 fully saturated rings. The molecule has 4 nitrogen and oxygen atoms in total. The predicted octanol–water partition coefficient (Wildman–Crippen LogP) is 2.32. The van der Waals surface area contributed by atoms with E-state index in [1.54, 1.807) is 6.08 Å². The molecule has 0 N–H and O–H groups in total. The molecule has 0 bridgehead atoms. The molecule has 0 aliphatic carbocycles. The molecule has 1 heterocycles. The highest BCUT2D eigenvalue weighted by molar-refractivity contribution is 7.89. The van der Waals surface area contributed by atoms with Crippen molar-refractivity contribution in [2.45, 2.75) is 18.2 Å². The molecule has 94 valence electrons. The SMILES string of the molecule is C=CCN(CCC)S(=O)(=O)c1ccc(Cl)nc1. The van der Waals surface area contributed by atoms with Crippen molar-refractivity contribution in [1.82, 2.24) is 9.29 Å². The topological polar surface area (TPSA) is 50.3 Å². The van der Waals surface area contributed by atoms with Gasteiger partial charge in [-0.2, -0.15) is 4.31 Å². The molecule has 0 amide bonds. The first-order chi connectivity index (χ1) is 8.02. The van der Waals surface area contributed by atoms with Crippen molar-refractivity contribution >= 4 is 21.6 Å². The molecular formula is C11H15ClN2O2S. The van der Waals surface area contributed by atoms with Crippen LogP contribution in [-0.4, -0.2) is 30.8 Å². The van der Waals surface area contributed by atoms with Gasteiger partial charge in [-0.05, 0) is 18.6 Å². The number of hydrogen-bond acceptors (Lipinski definition) is 3. The summed E-state index contributed by atoms with van der Waals surface area (Å²) >= 11 is 5.63. The first-order valence-electron chi connectivity index (χ1n) is 5.25. The highest BCUT2D eigenvalue weighted by atomic mass is 35.5. The molecule has 0 atom stereocenters. The number of aromatic nitrogens is 1. The fourth-order valence-electron chi connectivity index (χ4n) is 1.37. The van der Waals surface area contributed by atoms with Crippen LogP contribution in [0.1, 0.15) is 13.3 Å². The molecule has 6 heteroatoms. The van der Waals surface area contributed by atoms with Crippen molar-refractivity contribution in [3.63, 3.8) is 0 Å². The first kappa shape index (κ1) is 14.2. The molecule has 0 radical (unpaired) electrons. The van der Waals surface area contributed by atoms with Gasteiger partial charge >= 0.3 is 0 Å². The van der Waals surface area contributed by atoms with E-state index in [-0.39, 0.29) is 10.0 Å². The lowest BCUT2D eigenvalue weighted by molar-refractivity contribution is 0.441. The quantitative estimate of drug-likeness (QED) is 0.591. The Morgan fingerprint density at radius 2 is 2.24 bits per heavy atom. The fourth-order valence-corrected chi connectivity index (χ4v) is 2.93. The lowest BCUT2D eigenvalue weighted by Crippen LogP contribution is -2.32. The summed E-state index contributed by atoms with van der Waals surface area (Å²) in [5.74, 6) is 0. The maximum Gasteiger partial charge on any atom is 0.244 e. The number of hydrogen-bond donors (Lipinski definition) is 0. The summed E-state index contributed by atoms with van der Waals surface area (Å²) in [5, 5.41) is 0.273. The molecule has 1 aromatic heterocycles. The zero-order valence-electron chi connectivity index (χ0n) is 9.63. The second kappa shape index (κ2) is 6.14. The van der Waals surface area contributed by atoms with Crippen molar-refractivity contribution in [2.75, 3.05) is 13.1 Å². The number of rotatable bonds is 6. The van der Waals surface area contributed by atoms with Crippen LogP contribution in [-0.2, 0) is 10.0 Å². The van der Waals surface area contributed by atoms with Gasteiger partial charge in [0.05, 0.1) is 0 Å². The second-order valence-corrected chi connectivity index (χ2v) is 5.79.